The second-order valence-corrected chi connectivity index (χ2v) is 9.31. The third-order valence-corrected chi connectivity index (χ3v) is 7.11. The van der Waals surface area contributed by atoms with Crippen LogP contribution in [0.5, 0.6) is 0 Å². The summed E-state index contributed by atoms with van der Waals surface area (Å²) in [5, 5.41) is 0. The van der Waals surface area contributed by atoms with Crippen LogP contribution in [0.4, 0.5) is 0 Å². The maximum atomic E-state index is 12.5. The van der Waals surface area contributed by atoms with Gasteiger partial charge >= 0.3 is 0 Å². The van der Waals surface area contributed by atoms with Crippen molar-refractivity contribution >= 4 is 37.3 Å². The molecule has 0 saturated carbocycles. The average Bonchev–Trinajstić information content (AvgIpc) is 2.62. The molecule has 1 fully saturated rings. The third-order valence-electron chi connectivity index (χ3n) is 3.44. The molecule has 0 amide bonds. The lowest BCUT2D eigenvalue weighted by atomic mass is 9.96. The monoisotopic (exact) mass is 352 g/mol. The van der Waals surface area contributed by atoms with E-state index in [1.165, 1.54) is 15.6 Å². The number of hydrogen-bond acceptors (Lipinski definition) is 4. The molecule has 0 aliphatic carbocycles. The molecule has 0 spiro atoms. The molecule has 4 nitrogen and oxygen atoms in total. The number of halogens is 1. The number of hydrogen-bond donors (Lipinski definition) is 1. The molecule has 1 aliphatic heterocycles. The lowest BCUT2D eigenvalue weighted by Gasteiger charge is -2.34. The summed E-state index contributed by atoms with van der Waals surface area (Å²) in [7, 11) is -3.39. The molecule has 2 heterocycles. The van der Waals surface area contributed by atoms with Gasteiger partial charge in [-0.05, 0) is 41.3 Å². The van der Waals surface area contributed by atoms with Crippen LogP contribution in [0.15, 0.2) is 14.7 Å². The topological polar surface area (TPSA) is 63.4 Å². The first-order valence-electron chi connectivity index (χ1n) is 5.84. The molecule has 2 unspecified atom stereocenters. The first-order valence-corrected chi connectivity index (χ1v) is 8.89. The Morgan fingerprint density at radius 3 is 2.72 bits per heavy atom. The summed E-state index contributed by atoms with van der Waals surface area (Å²) in [4.78, 5) is 1.22. The molecule has 1 aromatic heterocycles. The van der Waals surface area contributed by atoms with Gasteiger partial charge < -0.3 is 5.73 Å². The fraction of sp³-hybridized carbons (Fsp3) is 0.636. The van der Waals surface area contributed by atoms with E-state index in [4.69, 9.17) is 5.73 Å². The Hall–Kier alpha value is 0.0500. The van der Waals surface area contributed by atoms with Crippen LogP contribution in [0, 0.1) is 12.8 Å². The lowest BCUT2D eigenvalue weighted by Crippen LogP contribution is -2.49. The summed E-state index contributed by atoms with van der Waals surface area (Å²) in [6, 6.07) is 1.61. The molecule has 18 heavy (non-hydrogen) atoms. The Bertz CT molecular complexity index is 541. The van der Waals surface area contributed by atoms with Gasteiger partial charge in [0.2, 0.25) is 10.0 Å². The molecule has 2 rings (SSSR count). The molecular weight excluding hydrogens is 336 g/mol. The van der Waals surface area contributed by atoms with Crippen molar-refractivity contribution in [3.8, 4) is 0 Å². The minimum Gasteiger partial charge on any atom is -0.326 e. The van der Waals surface area contributed by atoms with Crippen LogP contribution < -0.4 is 5.73 Å². The lowest BCUT2D eigenvalue weighted by molar-refractivity contribution is 0.253. The number of piperidine rings is 1. The van der Waals surface area contributed by atoms with Crippen LogP contribution in [0.1, 0.15) is 18.2 Å². The van der Waals surface area contributed by atoms with E-state index in [0.717, 1.165) is 15.1 Å². The predicted octanol–water partition coefficient (Wildman–Crippen LogP) is 2.18. The highest BCUT2D eigenvalue weighted by Crippen LogP contribution is 2.32. The van der Waals surface area contributed by atoms with Gasteiger partial charge in [0.25, 0.3) is 0 Å². The number of sulfonamides is 1. The van der Waals surface area contributed by atoms with Crippen LogP contribution in [0.25, 0.3) is 0 Å². The Kier molecular flexibility index (Phi) is 4.18. The summed E-state index contributed by atoms with van der Waals surface area (Å²) < 4.78 is 27.4. The van der Waals surface area contributed by atoms with E-state index in [1.807, 2.05) is 6.92 Å². The summed E-state index contributed by atoms with van der Waals surface area (Å²) >= 11 is 4.77. The van der Waals surface area contributed by atoms with Gasteiger partial charge in [0.1, 0.15) is 0 Å². The Morgan fingerprint density at radius 1 is 1.56 bits per heavy atom. The molecule has 0 radical (unpaired) electrons. The summed E-state index contributed by atoms with van der Waals surface area (Å²) in [6.07, 6.45) is 0.824. The first kappa shape index (κ1) is 14.5. The number of thiophene rings is 1. The number of rotatable bonds is 2. The third kappa shape index (κ3) is 2.65. The quantitative estimate of drug-likeness (QED) is 0.886. The van der Waals surface area contributed by atoms with Crippen molar-refractivity contribution in [2.75, 3.05) is 13.1 Å². The fourth-order valence-corrected chi connectivity index (χ4v) is 5.99. The molecule has 1 aromatic rings. The predicted molar refractivity (Wildman–Crippen MR) is 77.3 cm³/mol. The van der Waals surface area contributed by atoms with Gasteiger partial charge in [-0.2, -0.15) is 4.31 Å². The molecule has 1 saturated heterocycles. The number of nitrogens with zero attached hydrogens (tertiary/aromatic N) is 1. The van der Waals surface area contributed by atoms with Crippen molar-refractivity contribution in [1.29, 1.82) is 0 Å². The van der Waals surface area contributed by atoms with Crippen molar-refractivity contribution in [3.05, 3.63) is 14.7 Å². The van der Waals surface area contributed by atoms with Gasteiger partial charge in [-0.1, -0.05) is 6.92 Å². The van der Waals surface area contributed by atoms with Gasteiger partial charge in [-0.25, -0.2) is 8.42 Å². The second kappa shape index (κ2) is 5.20. The van der Waals surface area contributed by atoms with Crippen LogP contribution in [-0.2, 0) is 10.0 Å². The van der Waals surface area contributed by atoms with Gasteiger partial charge in [-0.3, -0.25) is 0 Å². The Morgan fingerprint density at radius 2 is 2.22 bits per heavy atom. The molecule has 7 heteroatoms. The maximum Gasteiger partial charge on any atom is 0.244 e. The molecule has 0 bridgehead atoms. The average molecular weight is 353 g/mol. The fourth-order valence-electron chi connectivity index (χ4n) is 2.11. The second-order valence-electron chi connectivity index (χ2n) is 4.76. The van der Waals surface area contributed by atoms with Crippen LogP contribution >= 0.6 is 27.3 Å². The smallest absolute Gasteiger partial charge is 0.244 e. The van der Waals surface area contributed by atoms with Crippen LogP contribution in [-0.4, -0.2) is 31.9 Å². The van der Waals surface area contributed by atoms with Gasteiger partial charge in [0.05, 0.1) is 8.68 Å². The zero-order valence-electron chi connectivity index (χ0n) is 10.4. The van der Waals surface area contributed by atoms with Crippen LogP contribution in [0.2, 0.25) is 0 Å². The molecular formula is C11H17BrN2O2S2. The van der Waals surface area contributed by atoms with Crippen molar-refractivity contribution in [2.45, 2.75) is 31.2 Å². The van der Waals surface area contributed by atoms with E-state index in [0.29, 0.717) is 23.9 Å². The van der Waals surface area contributed by atoms with E-state index in [1.54, 1.807) is 6.07 Å². The van der Waals surface area contributed by atoms with Crippen molar-refractivity contribution in [2.24, 2.45) is 11.7 Å². The highest BCUT2D eigenvalue weighted by Gasteiger charge is 2.33. The summed E-state index contributed by atoms with van der Waals surface area (Å²) in [5.74, 6) is 0.381. The zero-order chi connectivity index (χ0) is 13.5. The van der Waals surface area contributed by atoms with E-state index < -0.39 is 10.0 Å². The van der Waals surface area contributed by atoms with E-state index >= 15 is 0 Å². The van der Waals surface area contributed by atoms with Crippen molar-refractivity contribution in [3.63, 3.8) is 0 Å². The molecule has 2 atom stereocenters. The van der Waals surface area contributed by atoms with Crippen LogP contribution in [0.3, 0.4) is 0 Å². The minimum absolute atomic E-state index is 0.0732. The van der Waals surface area contributed by atoms with Gasteiger partial charge in [0.15, 0.2) is 0 Å². The van der Waals surface area contributed by atoms with Crippen molar-refractivity contribution < 1.29 is 8.42 Å². The normalized spacial score (nSPS) is 26.4. The van der Waals surface area contributed by atoms with E-state index in [9.17, 15) is 8.42 Å². The Balaban J connectivity index is 2.29. The summed E-state index contributed by atoms with van der Waals surface area (Å²) in [6.45, 7) is 4.87. The van der Waals surface area contributed by atoms with E-state index in [-0.39, 0.29) is 6.04 Å². The molecule has 102 valence electrons. The number of nitrogens with two attached hydrogens (primary N) is 1. The molecule has 0 aromatic carbocycles. The van der Waals surface area contributed by atoms with Crippen molar-refractivity contribution in [1.82, 2.24) is 4.31 Å². The maximum absolute atomic E-state index is 12.5. The van der Waals surface area contributed by atoms with Gasteiger partial charge in [-0.15, -0.1) is 11.3 Å². The summed E-state index contributed by atoms with van der Waals surface area (Å²) in [5.41, 5.74) is 5.97. The largest absolute Gasteiger partial charge is 0.326 e. The highest BCUT2D eigenvalue weighted by molar-refractivity contribution is 9.11. The Labute approximate surface area is 120 Å². The highest BCUT2D eigenvalue weighted by atomic mass is 79.9. The SMILES string of the molecule is Cc1sc(Br)cc1S(=O)(=O)N1CCC(C)C(N)C1. The standard InChI is InChI=1S/C11H17BrN2O2S2/c1-7-3-4-14(6-9(7)13)18(15,16)10-5-11(12)17-8(10)2/h5,7,9H,3-4,6,13H2,1-2H3. The molecule has 2 N–H and O–H groups in total. The number of aryl methyl sites for hydroxylation is 1. The van der Waals surface area contributed by atoms with Gasteiger partial charge in [0, 0.05) is 24.0 Å². The zero-order valence-corrected chi connectivity index (χ0v) is 13.6. The minimum atomic E-state index is -3.39. The first-order chi connectivity index (χ1) is 8.32. The van der Waals surface area contributed by atoms with E-state index in [2.05, 4.69) is 22.9 Å². The molecule has 1 aliphatic rings.